The van der Waals surface area contributed by atoms with Gasteiger partial charge in [-0.1, -0.05) is 24.3 Å². The van der Waals surface area contributed by atoms with Crippen molar-refractivity contribution in [1.82, 2.24) is 9.55 Å². The third-order valence-corrected chi connectivity index (χ3v) is 3.05. The molecule has 0 amide bonds. The lowest BCUT2D eigenvalue weighted by molar-refractivity contribution is -0.480. The molecule has 16 heavy (non-hydrogen) atoms. The van der Waals surface area contributed by atoms with Crippen LogP contribution in [0.25, 0.3) is 16.7 Å². The van der Waals surface area contributed by atoms with Gasteiger partial charge in [-0.2, -0.15) is 4.98 Å². The number of hydrogen-bond donors (Lipinski definition) is 1. The van der Waals surface area contributed by atoms with E-state index in [4.69, 9.17) is 0 Å². The topological polar surface area (TPSA) is 34.4 Å². The number of imidazole rings is 1. The largest absolute Gasteiger partial charge is 0.316 e. The van der Waals surface area contributed by atoms with Gasteiger partial charge in [0.2, 0.25) is 0 Å². The lowest BCUT2D eigenvalue weighted by Gasteiger charge is -1.97. The molecule has 2 N–H and O–H groups in total. The van der Waals surface area contributed by atoms with Crippen molar-refractivity contribution in [3.8, 4) is 5.69 Å². The van der Waals surface area contributed by atoms with Gasteiger partial charge in [-0.05, 0) is 18.2 Å². The zero-order chi connectivity index (χ0) is 10.5. The van der Waals surface area contributed by atoms with Crippen molar-refractivity contribution in [3.63, 3.8) is 0 Å². The average molecular weight is 208 g/mol. The monoisotopic (exact) mass is 208 g/mol. The summed E-state index contributed by atoms with van der Waals surface area (Å²) in [7, 11) is 0. The Morgan fingerprint density at radius 2 is 1.75 bits per heavy atom. The van der Waals surface area contributed by atoms with Crippen molar-refractivity contribution in [1.29, 1.82) is 0 Å². The van der Waals surface area contributed by atoms with Gasteiger partial charge in [0.1, 0.15) is 5.69 Å². The zero-order valence-electron chi connectivity index (χ0n) is 8.59. The first-order chi connectivity index (χ1) is 7.93. The van der Waals surface area contributed by atoms with Crippen LogP contribution in [0, 0.1) is 0 Å². The van der Waals surface area contributed by atoms with Crippen LogP contribution in [0.2, 0.25) is 0 Å². The summed E-state index contributed by atoms with van der Waals surface area (Å²) in [5.74, 6) is 1.03. The molecular weight excluding hydrogens is 198 g/mol. The standard InChI is InChI=1S/C13H9N3/c1-3-7-11-9(5-1)14-13-15-10-6-2-4-8-12(10)16(11)13/h1-8H,(H,14,15)/p+1. The Morgan fingerprint density at radius 1 is 0.938 bits per heavy atom. The van der Waals surface area contributed by atoms with Gasteiger partial charge in [0, 0.05) is 6.07 Å². The molecule has 3 nitrogen and oxygen atoms in total. The highest BCUT2D eigenvalue weighted by Gasteiger charge is 2.25. The molecule has 76 valence electrons. The van der Waals surface area contributed by atoms with Crippen LogP contribution in [-0.2, 0) is 0 Å². The summed E-state index contributed by atoms with van der Waals surface area (Å²) in [6, 6.07) is 16.6. The quantitative estimate of drug-likeness (QED) is 0.440. The fourth-order valence-corrected chi connectivity index (χ4v) is 2.35. The number of benzene rings is 2. The molecule has 3 aromatic rings. The Balaban J connectivity index is 2.15. The Morgan fingerprint density at radius 3 is 2.75 bits per heavy atom. The minimum Gasteiger partial charge on any atom is -0.247 e. The first-order valence-electron chi connectivity index (χ1n) is 5.35. The summed E-state index contributed by atoms with van der Waals surface area (Å²) in [5, 5.41) is 2.13. The molecule has 1 aliphatic heterocycles. The predicted molar refractivity (Wildman–Crippen MR) is 62.3 cm³/mol. The first kappa shape index (κ1) is 8.07. The number of quaternary nitrogens is 1. The molecule has 0 aliphatic carbocycles. The molecule has 0 unspecified atom stereocenters. The molecule has 4 rings (SSSR count). The van der Waals surface area contributed by atoms with Gasteiger partial charge in [0.15, 0.2) is 5.69 Å². The van der Waals surface area contributed by atoms with E-state index < -0.39 is 0 Å². The van der Waals surface area contributed by atoms with Crippen LogP contribution in [0.15, 0.2) is 48.5 Å². The Labute approximate surface area is 92.4 Å². The van der Waals surface area contributed by atoms with Crippen LogP contribution in [0.3, 0.4) is 0 Å². The molecule has 0 atom stereocenters. The molecule has 0 saturated carbocycles. The summed E-state index contributed by atoms with van der Waals surface area (Å²) in [4.78, 5) is 4.62. The van der Waals surface area contributed by atoms with Gasteiger partial charge in [0.25, 0.3) is 0 Å². The number of rotatable bonds is 0. The number of aromatic nitrogens is 2. The van der Waals surface area contributed by atoms with E-state index in [2.05, 4.69) is 57.3 Å². The molecular formula is C13H10N3+. The maximum atomic E-state index is 4.62. The molecule has 0 fully saturated rings. The number of para-hydroxylation sites is 4. The SMILES string of the molecule is c1ccc2c(c1)[NH2+]c1nc3ccccc3n1-2. The van der Waals surface area contributed by atoms with Gasteiger partial charge in [-0.25, -0.2) is 9.88 Å². The highest BCUT2D eigenvalue weighted by atomic mass is 15.3. The summed E-state index contributed by atoms with van der Waals surface area (Å²) in [5.41, 5.74) is 4.71. The van der Waals surface area contributed by atoms with E-state index in [1.54, 1.807) is 0 Å². The number of hydrogen-bond acceptors (Lipinski definition) is 1. The molecule has 0 radical (unpaired) electrons. The summed E-state index contributed by atoms with van der Waals surface area (Å²) >= 11 is 0. The third kappa shape index (κ3) is 0.882. The lowest BCUT2D eigenvalue weighted by atomic mass is 10.2. The predicted octanol–water partition coefficient (Wildman–Crippen LogP) is 1.87. The van der Waals surface area contributed by atoms with Crippen LogP contribution >= 0.6 is 0 Å². The van der Waals surface area contributed by atoms with Crippen LogP contribution < -0.4 is 5.32 Å². The van der Waals surface area contributed by atoms with Crippen molar-refractivity contribution < 1.29 is 5.32 Å². The Kier molecular flexibility index (Phi) is 1.37. The second kappa shape index (κ2) is 2.71. The normalized spacial score (nSPS) is 12.8. The Hall–Kier alpha value is -2.13. The van der Waals surface area contributed by atoms with Crippen molar-refractivity contribution >= 4 is 22.7 Å². The van der Waals surface area contributed by atoms with Crippen molar-refractivity contribution in [2.75, 3.05) is 0 Å². The van der Waals surface area contributed by atoms with Crippen LogP contribution in [0.1, 0.15) is 0 Å². The highest BCUT2D eigenvalue weighted by Crippen LogP contribution is 2.29. The fourth-order valence-electron chi connectivity index (χ4n) is 2.35. The van der Waals surface area contributed by atoms with E-state index in [1.807, 2.05) is 6.07 Å². The van der Waals surface area contributed by atoms with Gasteiger partial charge in [-0.15, -0.1) is 0 Å². The van der Waals surface area contributed by atoms with Gasteiger partial charge < -0.3 is 0 Å². The molecule has 2 heterocycles. The molecule has 1 aliphatic rings. The molecule has 0 spiro atoms. The second-order valence-electron chi connectivity index (χ2n) is 4.00. The fraction of sp³-hybridized carbons (Fsp3) is 0. The van der Waals surface area contributed by atoms with Crippen molar-refractivity contribution in [3.05, 3.63) is 48.5 Å². The highest BCUT2D eigenvalue weighted by molar-refractivity contribution is 5.82. The average Bonchev–Trinajstić information content (AvgIpc) is 2.83. The number of nitrogens with two attached hydrogens (primary N) is 1. The van der Waals surface area contributed by atoms with Crippen molar-refractivity contribution in [2.24, 2.45) is 0 Å². The first-order valence-corrected chi connectivity index (χ1v) is 5.35. The molecule has 0 saturated heterocycles. The minimum absolute atomic E-state index is 1.03. The molecule has 1 aromatic heterocycles. The summed E-state index contributed by atoms with van der Waals surface area (Å²) in [6.07, 6.45) is 0. The van der Waals surface area contributed by atoms with Crippen LogP contribution in [0.4, 0.5) is 11.6 Å². The van der Waals surface area contributed by atoms with Gasteiger partial charge in [-0.3, -0.25) is 0 Å². The van der Waals surface area contributed by atoms with Gasteiger partial charge in [0.05, 0.1) is 11.0 Å². The molecule has 3 heteroatoms. The van der Waals surface area contributed by atoms with Crippen LogP contribution in [-0.4, -0.2) is 9.55 Å². The lowest BCUT2D eigenvalue weighted by Crippen LogP contribution is -2.70. The van der Waals surface area contributed by atoms with E-state index in [0.29, 0.717) is 0 Å². The minimum atomic E-state index is 1.03. The van der Waals surface area contributed by atoms with E-state index in [1.165, 1.54) is 16.9 Å². The van der Waals surface area contributed by atoms with E-state index >= 15 is 0 Å². The van der Waals surface area contributed by atoms with Gasteiger partial charge >= 0.3 is 5.95 Å². The van der Waals surface area contributed by atoms with E-state index in [9.17, 15) is 0 Å². The maximum Gasteiger partial charge on any atom is 0.316 e. The molecule has 0 bridgehead atoms. The summed E-state index contributed by atoms with van der Waals surface area (Å²) < 4.78 is 2.21. The van der Waals surface area contributed by atoms with Crippen molar-refractivity contribution in [2.45, 2.75) is 0 Å². The zero-order valence-corrected chi connectivity index (χ0v) is 8.59. The number of nitrogens with zero attached hydrogens (tertiary/aromatic N) is 2. The third-order valence-electron chi connectivity index (χ3n) is 3.05. The van der Waals surface area contributed by atoms with E-state index in [-0.39, 0.29) is 0 Å². The van der Waals surface area contributed by atoms with E-state index in [0.717, 1.165) is 11.5 Å². The second-order valence-corrected chi connectivity index (χ2v) is 4.00. The smallest absolute Gasteiger partial charge is 0.247 e. The molecule has 2 aromatic carbocycles. The summed E-state index contributed by atoms with van der Waals surface area (Å²) in [6.45, 7) is 0. The number of fused-ring (bicyclic) bond motifs is 5. The Bertz CT molecular complexity index is 697. The van der Waals surface area contributed by atoms with Crippen LogP contribution in [0.5, 0.6) is 0 Å². The maximum absolute atomic E-state index is 4.62.